The fourth-order valence-corrected chi connectivity index (χ4v) is 2.30. The number of benzene rings is 1. The van der Waals surface area contributed by atoms with Crippen molar-refractivity contribution in [1.29, 1.82) is 0 Å². The lowest BCUT2D eigenvalue weighted by Crippen LogP contribution is -2.21. The molecule has 2 heteroatoms. The number of rotatable bonds is 3. The van der Waals surface area contributed by atoms with Gasteiger partial charge in [-0.15, -0.1) is 0 Å². The van der Waals surface area contributed by atoms with Crippen LogP contribution in [0.15, 0.2) is 18.2 Å². The van der Waals surface area contributed by atoms with Crippen LogP contribution in [0.5, 0.6) is 5.75 Å². The Morgan fingerprint density at radius 3 is 2.79 bits per heavy atom. The van der Waals surface area contributed by atoms with E-state index in [1.165, 1.54) is 5.56 Å². The van der Waals surface area contributed by atoms with E-state index in [0.29, 0.717) is 12.3 Å². The summed E-state index contributed by atoms with van der Waals surface area (Å²) in [6.07, 6.45) is 2.65. The van der Waals surface area contributed by atoms with E-state index < -0.39 is 0 Å². The minimum Gasteiger partial charge on any atom is -0.493 e. The summed E-state index contributed by atoms with van der Waals surface area (Å²) in [6.45, 7) is 9.42. The molecule has 0 saturated heterocycles. The third-order valence-corrected chi connectivity index (χ3v) is 4.20. The molecule has 0 radical (unpaired) electrons. The maximum Gasteiger partial charge on any atom is 0.166 e. The Morgan fingerprint density at radius 1 is 1.37 bits per heavy atom. The highest BCUT2D eigenvalue weighted by Crippen LogP contribution is 2.33. The standard InChI is InChI=1S/C17H24O2/c1-12(17(2,3)4)11-15(18)14-9-5-7-13-8-6-10-19-16(13)14/h5,7,9,12H,6,8,10-11H2,1-4H3. The maximum atomic E-state index is 12.5. The second-order valence-electron chi connectivity index (χ2n) is 6.64. The third kappa shape index (κ3) is 3.17. The lowest BCUT2D eigenvalue weighted by atomic mass is 9.78. The SMILES string of the molecule is CC(CC(=O)c1cccc2c1OCCC2)C(C)(C)C. The number of Topliss-reactive ketones (excluding diaryl/α,β-unsaturated/α-hetero) is 1. The van der Waals surface area contributed by atoms with Crippen molar-refractivity contribution in [2.45, 2.75) is 47.0 Å². The summed E-state index contributed by atoms with van der Waals surface area (Å²) in [5, 5.41) is 0. The highest BCUT2D eigenvalue weighted by atomic mass is 16.5. The van der Waals surface area contributed by atoms with Gasteiger partial charge < -0.3 is 4.74 Å². The van der Waals surface area contributed by atoms with Crippen LogP contribution < -0.4 is 4.74 Å². The topological polar surface area (TPSA) is 26.3 Å². The monoisotopic (exact) mass is 260 g/mol. The molecule has 1 heterocycles. The van der Waals surface area contributed by atoms with Gasteiger partial charge in [-0.05, 0) is 35.8 Å². The van der Waals surface area contributed by atoms with E-state index >= 15 is 0 Å². The average molecular weight is 260 g/mol. The molecule has 104 valence electrons. The Hall–Kier alpha value is -1.31. The van der Waals surface area contributed by atoms with E-state index in [4.69, 9.17) is 4.74 Å². The molecular weight excluding hydrogens is 236 g/mol. The van der Waals surface area contributed by atoms with Crippen molar-refractivity contribution in [2.24, 2.45) is 11.3 Å². The first-order chi connectivity index (χ1) is 8.89. The summed E-state index contributed by atoms with van der Waals surface area (Å²) in [6, 6.07) is 5.95. The molecule has 1 aromatic rings. The van der Waals surface area contributed by atoms with Gasteiger partial charge in [0.15, 0.2) is 5.78 Å². The van der Waals surface area contributed by atoms with Crippen LogP contribution in [0.1, 0.15) is 56.5 Å². The third-order valence-electron chi connectivity index (χ3n) is 4.20. The Bertz CT molecular complexity index is 469. The van der Waals surface area contributed by atoms with Crippen LogP contribution in [-0.4, -0.2) is 12.4 Å². The van der Waals surface area contributed by atoms with Crippen molar-refractivity contribution in [3.8, 4) is 5.75 Å². The number of ether oxygens (including phenoxy) is 1. The molecule has 1 atom stereocenters. The smallest absolute Gasteiger partial charge is 0.166 e. The Balaban J connectivity index is 2.20. The van der Waals surface area contributed by atoms with E-state index in [-0.39, 0.29) is 11.2 Å². The van der Waals surface area contributed by atoms with E-state index in [0.717, 1.165) is 30.8 Å². The first-order valence-corrected chi connectivity index (χ1v) is 7.17. The first kappa shape index (κ1) is 14.1. The lowest BCUT2D eigenvalue weighted by Gasteiger charge is -2.27. The zero-order chi connectivity index (χ0) is 14.0. The minimum atomic E-state index is 0.158. The van der Waals surface area contributed by atoms with E-state index in [1.807, 2.05) is 12.1 Å². The van der Waals surface area contributed by atoms with Crippen molar-refractivity contribution >= 4 is 5.78 Å². The van der Waals surface area contributed by atoms with Gasteiger partial charge >= 0.3 is 0 Å². The summed E-state index contributed by atoms with van der Waals surface area (Å²) >= 11 is 0. The molecule has 2 nitrogen and oxygen atoms in total. The Labute approximate surface area is 116 Å². The molecule has 0 spiro atoms. The molecule has 0 saturated carbocycles. The molecule has 1 aliphatic heterocycles. The summed E-state index contributed by atoms with van der Waals surface area (Å²) < 4.78 is 5.72. The number of hydrogen-bond donors (Lipinski definition) is 0. The van der Waals surface area contributed by atoms with Crippen molar-refractivity contribution in [2.75, 3.05) is 6.61 Å². The van der Waals surface area contributed by atoms with Gasteiger partial charge in [0.2, 0.25) is 0 Å². The van der Waals surface area contributed by atoms with E-state index in [9.17, 15) is 4.79 Å². The molecule has 0 fully saturated rings. The highest BCUT2D eigenvalue weighted by molar-refractivity contribution is 5.99. The maximum absolute atomic E-state index is 12.5. The molecule has 19 heavy (non-hydrogen) atoms. The number of ketones is 1. The molecule has 0 aliphatic carbocycles. The second kappa shape index (κ2) is 5.36. The number of fused-ring (bicyclic) bond motifs is 1. The van der Waals surface area contributed by atoms with Crippen molar-refractivity contribution in [3.63, 3.8) is 0 Å². The first-order valence-electron chi connectivity index (χ1n) is 7.17. The number of carbonyl (C=O) groups excluding carboxylic acids is 1. The molecule has 1 unspecified atom stereocenters. The summed E-state index contributed by atoms with van der Waals surface area (Å²) in [4.78, 5) is 12.5. The molecule has 0 bridgehead atoms. The fourth-order valence-electron chi connectivity index (χ4n) is 2.30. The normalized spacial score (nSPS) is 16.4. The van der Waals surface area contributed by atoms with Crippen molar-refractivity contribution in [3.05, 3.63) is 29.3 Å². The molecule has 1 aliphatic rings. The molecule has 2 rings (SSSR count). The van der Waals surface area contributed by atoms with E-state index in [1.54, 1.807) is 0 Å². The zero-order valence-electron chi connectivity index (χ0n) is 12.5. The summed E-state index contributed by atoms with van der Waals surface area (Å²) in [7, 11) is 0. The largest absolute Gasteiger partial charge is 0.493 e. The van der Waals surface area contributed by atoms with Crippen LogP contribution in [0.3, 0.4) is 0 Å². The number of aryl methyl sites for hydroxylation is 1. The predicted molar refractivity (Wildman–Crippen MR) is 77.8 cm³/mol. The Kier molecular flexibility index (Phi) is 3.98. The fraction of sp³-hybridized carbons (Fsp3) is 0.588. The van der Waals surface area contributed by atoms with Gasteiger partial charge in [-0.25, -0.2) is 0 Å². The van der Waals surface area contributed by atoms with Crippen LogP contribution in [0.4, 0.5) is 0 Å². The average Bonchev–Trinajstić information content (AvgIpc) is 2.36. The van der Waals surface area contributed by atoms with Crippen LogP contribution in [0, 0.1) is 11.3 Å². The van der Waals surface area contributed by atoms with Gasteiger partial charge in [0.25, 0.3) is 0 Å². The van der Waals surface area contributed by atoms with Gasteiger partial charge in [0.1, 0.15) is 5.75 Å². The van der Waals surface area contributed by atoms with Crippen LogP contribution in [0.2, 0.25) is 0 Å². The second-order valence-corrected chi connectivity index (χ2v) is 6.64. The van der Waals surface area contributed by atoms with Crippen LogP contribution in [-0.2, 0) is 6.42 Å². The minimum absolute atomic E-state index is 0.158. The van der Waals surface area contributed by atoms with Crippen LogP contribution in [0.25, 0.3) is 0 Å². The van der Waals surface area contributed by atoms with Gasteiger partial charge in [-0.2, -0.15) is 0 Å². The van der Waals surface area contributed by atoms with Crippen molar-refractivity contribution in [1.82, 2.24) is 0 Å². The number of hydrogen-bond acceptors (Lipinski definition) is 2. The quantitative estimate of drug-likeness (QED) is 0.759. The molecule has 0 aromatic heterocycles. The number of carbonyl (C=O) groups is 1. The lowest BCUT2D eigenvalue weighted by molar-refractivity contribution is 0.0922. The van der Waals surface area contributed by atoms with Crippen molar-refractivity contribution < 1.29 is 9.53 Å². The summed E-state index contributed by atoms with van der Waals surface area (Å²) in [5.41, 5.74) is 2.11. The molecule has 0 N–H and O–H groups in total. The highest BCUT2D eigenvalue weighted by Gasteiger charge is 2.25. The van der Waals surface area contributed by atoms with Gasteiger partial charge in [-0.3, -0.25) is 4.79 Å². The van der Waals surface area contributed by atoms with Gasteiger partial charge in [0, 0.05) is 6.42 Å². The molecular formula is C17H24O2. The van der Waals surface area contributed by atoms with Gasteiger partial charge in [0.05, 0.1) is 12.2 Å². The number of para-hydroxylation sites is 1. The Morgan fingerprint density at radius 2 is 2.11 bits per heavy atom. The van der Waals surface area contributed by atoms with Crippen LogP contribution >= 0.6 is 0 Å². The van der Waals surface area contributed by atoms with E-state index in [2.05, 4.69) is 33.8 Å². The molecule has 1 aromatic carbocycles. The van der Waals surface area contributed by atoms with Gasteiger partial charge in [-0.1, -0.05) is 39.8 Å². The summed E-state index contributed by atoms with van der Waals surface area (Å²) in [5.74, 6) is 1.40. The predicted octanol–water partition coefficient (Wildman–Crippen LogP) is 4.27. The zero-order valence-corrected chi connectivity index (χ0v) is 12.5. The molecule has 0 amide bonds.